The molecule has 3 rings (SSSR count). The van der Waals surface area contributed by atoms with Crippen molar-refractivity contribution in [3.63, 3.8) is 0 Å². The van der Waals surface area contributed by atoms with E-state index in [-0.39, 0.29) is 29.8 Å². The van der Waals surface area contributed by atoms with Crippen LogP contribution in [-0.2, 0) is 22.5 Å². The molecule has 0 saturated carbocycles. The summed E-state index contributed by atoms with van der Waals surface area (Å²) in [7, 11) is 1.68. The molecule has 2 heterocycles. The molecule has 0 aliphatic carbocycles. The molecule has 4 amide bonds. The monoisotopic (exact) mass is 617 g/mol. The molecule has 42 heavy (non-hydrogen) atoms. The average molecular weight is 618 g/mol. The highest BCUT2D eigenvalue weighted by Crippen LogP contribution is 2.20. The Hall–Kier alpha value is -3.16. The van der Waals surface area contributed by atoms with Gasteiger partial charge in [0, 0.05) is 30.9 Å². The number of carbonyl (C=O) groups excluding carboxylic acids is 3. The molecule has 1 aromatic carbocycles. The number of nitrogens with two attached hydrogens (primary N) is 1. The molecular weight excluding hydrogens is 574 g/mol. The first-order valence-corrected chi connectivity index (χ1v) is 16.1. The highest BCUT2D eigenvalue weighted by atomic mass is 32.2. The van der Waals surface area contributed by atoms with Crippen molar-refractivity contribution < 1.29 is 19.1 Å². The van der Waals surface area contributed by atoms with E-state index in [1.54, 1.807) is 35.7 Å². The molecular formula is C29H43N7O4S2. The van der Waals surface area contributed by atoms with Crippen LogP contribution in [0.5, 0.6) is 0 Å². The number of urea groups is 1. The quantitative estimate of drug-likeness (QED) is 0.211. The third kappa shape index (κ3) is 11.6. The fourth-order valence-corrected chi connectivity index (χ4v) is 5.77. The van der Waals surface area contributed by atoms with Crippen LogP contribution in [0, 0.1) is 0 Å². The molecule has 230 valence electrons. The second-order valence-corrected chi connectivity index (χ2v) is 12.6. The Morgan fingerprint density at radius 1 is 1.17 bits per heavy atom. The van der Waals surface area contributed by atoms with Crippen molar-refractivity contribution in [1.82, 2.24) is 25.8 Å². The van der Waals surface area contributed by atoms with Crippen LogP contribution in [0.3, 0.4) is 0 Å². The number of thioether (sulfide) groups is 1. The fourth-order valence-electron chi connectivity index (χ4n) is 4.28. The zero-order valence-corrected chi connectivity index (χ0v) is 26.2. The highest BCUT2D eigenvalue weighted by Gasteiger charge is 2.25. The van der Waals surface area contributed by atoms with Crippen molar-refractivity contribution in [2.24, 2.45) is 10.7 Å². The molecule has 1 aromatic heterocycles. The molecule has 5 N–H and O–H groups in total. The lowest BCUT2D eigenvalue weighted by atomic mass is 10.0. The lowest BCUT2D eigenvalue weighted by Crippen LogP contribution is -2.53. The van der Waals surface area contributed by atoms with Crippen molar-refractivity contribution >= 4 is 46.7 Å². The number of aliphatic imine (C=N–C) groups is 1. The van der Waals surface area contributed by atoms with Crippen molar-refractivity contribution in [2.75, 3.05) is 33.3 Å². The number of carbonyl (C=O) groups is 3. The second-order valence-electron chi connectivity index (χ2n) is 10.6. The summed E-state index contributed by atoms with van der Waals surface area (Å²) in [6.45, 7) is 6.13. The number of aromatic nitrogens is 1. The van der Waals surface area contributed by atoms with Crippen LogP contribution in [0.4, 0.5) is 9.59 Å². The summed E-state index contributed by atoms with van der Waals surface area (Å²) >= 11 is 3.14. The van der Waals surface area contributed by atoms with Gasteiger partial charge in [-0.1, -0.05) is 44.2 Å². The lowest BCUT2D eigenvalue weighted by molar-refractivity contribution is -0.123. The summed E-state index contributed by atoms with van der Waals surface area (Å²) in [5.74, 6) is 0.0350. The molecule has 3 atom stereocenters. The number of nitrogens with zero attached hydrogens (tertiary/aromatic N) is 3. The maximum absolute atomic E-state index is 13.4. The van der Waals surface area contributed by atoms with E-state index in [9.17, 15) is 14.4 Å². The maximum Gasteiger partial charge on any atom is 0.407 e. The van der Waals surface area contributed by atoms with Crippen LogP contribution >= 0.6 is 23.1 Å². The number of amides is 4. The number of thiazole rings is 1. The average Bonchev–Trinajstić information content (AvgIpc) is 3.67. The topological polar surface area (TPSA) is 151 Å². The molecule has 0 radical (unpaired) electrons. The SMILES string of the molecule is CC(C)c1nc(CN(C)C(=O)N[C@@H](CCN)C(=O)N[C@H](CCCNC(=O)OCC2CN=CS2)Cc2ccccc2)cs1. The van der Waals surface area contributed by atoms with Gasteiger partial charge in [-0.3, -0.25) is 9.79 Å². The molecule has 1 aliphatic heterocycles. The van der Waals surface area contributed by atoms with E-state index >= 15 is 0 Å². The van der Waals surface area contributed by atoms with Gasteiger partial charge in [-0.05, 0) is 37.8 Å². The molecule has 1 unspecified atom stereocenters. The van der Waals surface area contributed by atoms with Crippen LogP contribution in [0.1, 0.15) is 55.3 Å². The molecule has 1 aliphatic rings. The third-order valence-corrected chi connectivity index (χ3v) is 8.72. The molecule has 0 spiro atoms. The van der Waals surface area contributed by atoms with Gasteiger partial charge in [0.2, 0.25) is 5.91 Å². The summed E-state index contributed by atoms with van der Waals surface area (Å²) in [6, 6.07) is 8.53. The van der Waals surface area contributed by atoms with Gasteiger partial charge in [0.05, 0.1) is 34.6 Å². The molecule has 13 heteroatoms. The zero-order valence-electron chi connectivity index (χ0n) is 24.6. The standard InChI is InChI=1S/C29H43N7O4S2/c1-20(2)27-34-23(18-41-27)16-36(3)28(38)35-25(11-12-30)26(37)33-22(14-21-8-5-4-6-9-21)10-7-13-32-29(39)40-17-24-15-31-19-42-24/h4-6,8-9,18-20,22,24-25H,7,10-17,30H2,1-3H3,(H,32,39)(H,33,37)(H,35,38)/t22-,24?,25+/m1/s1. The van der Waals surface area contributed by atoms with Gasteiger partial charge >= 0.3 is 12.1 Å². The van der Waals surface area contributed by atoms with E-state index in [4.69, 9.17) is 10.5 Å². The van der Waals surface area contributed by atoms with Crippen molar-refractivity contribution in [3.05, 3.63) is 52.0 Å². The summed E-state index contributed by atoms with van der Waals surface area (Å²) < 4.78 is 5.28. The Balaban J connectivity index is 1.52. The number of hydrogen-bond acceptors (Lipinski definition) is 9. The predicted octanol–water partition coefficient (Wildman–Crippen LogP) is 3.50. The number of rotatable bonds is 16. The van der Waals surface area contributed by atoms with Gasteiger partial charge in [-0.15, -0.1) is 23.1 Å². The van der Waals surface area contributed by atoms with E-state index in [1.807, 2.05) is 35.7 Å². The van der Waals surface area contributed by atoms with Crippen LogP contribution in [-0.4, -0.2) is 84.1 Å². The number of nitrogens with one attached hydrogen (secondary N) is 3. The zero-order chi connectivity index (χ0) is 30.3. The summed E-state index contributed by atoms with van der Waals surface area (Å²) in [6.07, 6.45) is 1.71. The van der Waals surface area contributed by atoms with Gasteiger partial charge in [-0.25, -0.2) is 14.6 Å². The maximum atomic E-state index is 13.4. The number of ether oxygens (including phenoxy) is 1. The molecule has 2 aromatic rings. The Morgan fingerprint density at radius 2 is 1.95 bits per heavy atom. The normalized spacial score (nSPS) is 15.7. The van der Waals surface area contributed by atoms with E-state index in [2.05, 4.69) is 39.8 Å². The Bertz CT molecular complexity index is 1150. The highest BCUT2D eigenvalue weighted by molar-refractivity contribution is 8.12. The van der Waals surface area contributed by atoms with Crippen LogP contribution in [0.2, 0.25) is 0 Å². The Morgan fingerprint density at radius 3 is 2.62 bits per heavy atom. The number of benzene rings is 1. The van der Waals surface area contributed by atoms with E-state index < -0.39 is 12.1 Å². The van der Waals surface area contributed by atoms with Crippen molar-refractivity contribution in [3.8, 4) is 0 Å². The minimum Gasteiger partial charge on any atom is -0.448 e. The van der Waals surface area contributed by atoms with Gasteiger partial charge in [0.1, 0.15) is 12.6 Å². The largest absolute Gasteiger partial charge is 0.448 e. The van der Waals surface area contributed by atoms with Gasteiger partial charge in [0.25, 0.3) is 0 Å². The van der Waals surface area contributed by atoms with E-state index in [0.29, 0.717) is 57.8 Å². The molecule has 11 nitrogen and oxygen atoms in total. The van der Waals surface area contributed by atoms with E-state index in [1.165, 1.54) is 4.90 Å². The Kier molecular flexibility index (Phi) is 14.1. The molecule has 0 saturated heterocycles. The second kappa shape index (κ2) is 17.7. The first kappa shape index (κ1) is 33.3. The predicted molar refractivity (Wildman–Crippen MR) is 169 cm³/mol. The summed E-state index contributed by atoms with van der Waals surface area (Å²) in [5, 5.41) is 11.9. The minimum atomic E-state index is -0.782. The number of alkyl carbamates (subject to hydrolysis) is 1. The third-order valence-electron chi connectivity index (χ3n) is 6.59. The fraction of sp³-hybridized carbons (Fsp3) is 0.552. The molecule has 0 fully saturated rings. The first-order chi connectivity index (χ1) is 20.2. The van der Waals surface area contributed by atoms with Gasteiger partial charge < -0.3 is 31.3 Å². The smallest absolute Gasteiger partial charge is 0.407 e. The lowest BCUT2D eigenvalue weighted by Gasteiger charge is -2.25. The van der Waals surface area contributed by atoms with Crippen LogP contribution in [0.25, 0.3) is 0 Å². The first-order valence-electron chi connectivity index (χ1n) is 14.3. The Labute approximate surface area is 256 Å². The molecule has 0 bridgehead atoms. The summed E-state index contributed by atoms with van der Waals surface area (Å²) in [5.41, 5.74) is 9.47. The number of hydrogen-bond donors (Lipinski definition) is 4. The van der Waals surface area contributed by atoms with Gasteiger partial charge in [0.15, 0.2) is 0 Å². The van der Waals surface area contributed by atoms with Crippen LogP contribution in [0.15, 0.2) is 40.7 Å². The van der Waals surface area contributed by atoms with E-state index in [0.717, 1.165) is 16.3 Å². The van der Waals surface area contributed by atoms with Crippen LogP contribution < -0.4 is 21.7 Å². The van der Waals surface area contributed by atoms with Crippen molar-refractivity contribution in [1.29, 1.82) is 0 Å². The van der Waals surface area contributed by atoms with Gasteiger partial charge in [-0.2, -0.15) is 0 Å². The minimum absolute atomic E-state index is 0.174. The summed E-state index contributed by atoms with van der Waals surface area (Å²) in [4.78, 5) is 48.6. The van der Waals surface area contributed by atoms with Crippen molar-refractivity contribution in [2.45, 2.75) is 69.3 Å².